The van der Waals surface area contributed by atoms with Gasteiger partial charge in [-0.2, -0.15) is 12.8 Å². The molecule has 0 saturated heterocycles. The van der Waals surface area contributed by atoms with Gasteiger partial charge in [-0.15, -0.1) is 0 Å². The van der Waals surface area contributed by atoms with Gasteiger partial charge < -0.3 is 13.8 Å². The summed E-state index contributed by atoms with van der Waals surface area (Å²) < 4.78 is 0. The molecule has 0 spiro atoms. The van der Waals surface area contributed by atoms with E-state index in [1.54, 1.807) is 0 Å². The van der Waals surface area contributed by atoms with Crippen LogP contribution < -0.4 is 0 Å². The molecule has 18 heavy (non-hydrogen) atoms. The van der Waals surface area contributed by atoms with Crippen LogP contribution in [0.1, 0.15) is 51.9 Å². The van der Waals surface area contributed by atoms with Gasteiger partial charge in [0, 0.05) is 164 Å². The van der Waals surface area contributed by atoms with Crippen molar-refractivity contribution in [2.45, 2.75) is 51.9 Å². The summed E-state index contributed by atoms with van der Waals surface area (Å²) in [7, 11) is 0. The van der Waals surface area contributed by atoms with Gasteiger partial charge in [-0.1, -0.05) is 50.9 Å². The topological polar surface area (TPSA) is 0 Å². The second-order valence-corrected chi connectivity index (χ2v) is 4.67. The molecule has 0 aliphatic heterocycles. The molecule has 5 radical (unpaired) electrons. The summed E-state index contributed by atoms with van der Waals surface area (Å²) in [5.41, 5.74) is 0. The maximum Gasteiger partial charge on any atom is 0 e. The van der Waals surface area contributed by atoms with E-state index in [-0.39, 0.29) is 164 Å². The zero-order valence-electron chi connectivity index (χ0n) is 12.0. The van der Waals surface area contributed by atoms with Gasteiger partial charge in [-0.05, 0) is 5.92 Å². The van der Waals surface area contributed by atoms with Crippen molar-refractivity contribution < 1.29 is 164 Å². The van der Waals surface area contributed by atoms with Crippen LogP contribution in [0.4, 0.5) is 0 Å². The van der Waals surface area contributed by atoms with E-state index in [0.717, 1.165) is 30.6 Å². The molecule has 93 valence electrons. The van der Waals surface area contributed by atoms with Crippen LogP contribution >= 0.6 is 0 Å². The third kappa shape index (κ3) is 15.1. The molecule has 0 aromatic rings. The largest absolute Gasteiger partial charge is 0.343 e. The molecule has 2 atom stereocenters. The Morgan fingerprint density at radius 3 is 1.33 bits per heavy atom. The Labute approximate surface area is 241 Å². The van der Waals surface area contributed by atoms with Crippen molar-refractivity contribution >= 4 is 0 Å². The summed E-state index contributed by atoms with van der Waals surface area (Å²) in [5.74, 6) is 2.78. The summed E-state index contributed by atoms with van der Waals surface area (Å²) >= 11 is 0. The Hall–Kier alpha value is 5.52. The Kier molecular flexibility index (Phi) is 43.5. The molecule has 5 heteroatoms. The summed E-state index contributed by atoms with van der Waals surface area (Å²) in [6.07, 6.45) is 9.31. The Balaban J connectivity index is -0.000000113. The molecule has 1 saturated carbocycles. The minimum atomic E-state index is 0. The van der Waals surface area contributed by atoms with Crippen LogP contribution in [0.25, 0.3) is 0 Å². The van der Waals surface area contributed by atoms with Crippen molar-refractivity contribution in [1.82, 2.24) is 0 Å². The molecular weight excluding hydrogens is 601 g/mol. The Morgan fingerprint density at radius 2 is 1.06 bits per heavy atom. The minimum Gasteiger partial charge on any atom is -0.343 e. The third-order valence-electron chi connectivity index (χ3n) is 3.51. The third-order valence-corrected chi connectivity index (χ3v) is 3.51. The van der Waals surface area contributed by atoms with Gasteiger partial charge in [0.15, 0.2) is 0 Å². The quantitative estimate of drug-likeness (QED) is 0.411. The first-order valence-electron chi connectivity index (χ1n) is 5.88. The van der Waals surface area contributed by atoms with Gasteiger partial charge in [0.05, 0.1) is 0 Å². The molecule has 0 amide bonds. The summed E-state index contributed by atoms with van der Waals surface area (Å²) in [6.45, 7) is 10.4. The van der Waals surface area contributed by atoms with E-state index in [1.165, 1.54) is 32.1 Å². The number of hydrogen-bond acceptors (Lipinski definition) is 0. The summed E-state index contributed by atoms with van der Waals surface area (Å²) in [4.78, 5) is 0. The average Bonchev–Trinajstić information content (AvgIpc) is 2.17. The SMILES string of the molecule is [CH2-]CC1CC(C[CH2-])CC(CCC)C1.[Y].[Y].[Y].[Y].[Y]. The number of hydrogen-bond donors (Lipinski definition) is 0. The van der Waals surface area contributed by atoms with E-state index in [9.17, 15) is 0 Å². The second kappa shape index (κ2) is 22.5. The smallest absolute Gasteiger partial charge is 0 e. The van der Waals surface area contributed by atoms with Crippen LogP contribution in [0.5, 0.6) is 0 Å². The average molecular weight is 625 g/mol. The summed E-state index contributed by atoms with van der Waals surface area (Å²) in [5, 5.41) is 0. The monoisotopic (exact) mass is 625 g/mol. The van der Waals surface area contributed by atoms with Gasteiger partial charge in [-0.25, -0.2) is 0 Å². The van der Waals surface area contributed by atoms with Crippen molar-refractivity contribution in [2.75, 3.05) is 0 Å². The van der Waals surface area contributed by atoms with E-state index in [1.807, 2.05) is 0 Å². The maximum absolute atomic E-state index is 4.05. The van der Waals surface area contributed by atoms with Crippen molar-refractivity contribution in [2.24, 2.45) is 17.8 Å². The standard InChI is InChI=1S/C13H24.5Y/c1-4-7-13-9-11(5-2)8-12(6-3)10-13;;;;;/h11-13H,2-10H2,1H3;;;;;/q-2;;;;;. The molecule has 0 aromatic carbocycles. The van der Waals surface area contributed by atoms with E-state index >= 15 is 0 Å². The molecule has 1 fully saturated rings. The molecule has 0 aromatic heterocycles. The van der Waals surface area contributed by atoms with Gasteiger partial charge in [0.2, 0.25) is 0 Å². The van der Waals surface area contributed by atoms with Crippen LogP contribution in [-0.2, 0) is 164 Å². The van der Waals surface area contributed by atoms with E-state index in [0.29, 0.717) is 0 Å². The van der Waals surface area contributed by atoms with Crippen molar-refractivity contribution in [3.63, 3.8) is 0 Å². The predicted octanol–water partition coefficient (Wildman–Crippen LogP) is 4.25. The van der Waals surface area contributed by atoms with Crippen LogP contribution in [-0.4, -0.2) is 0 Å². The normalized spacial score (nSPS) is 25.2. The van der Waals surface area contributed by atoms with E-state index in [4.69, 9.17) is 0 Å². The van der Waals surface area contributed by atoms with Gasteiger partial charge in [0.1, 0.15) is 0 Å². The fraction of sp³-hybridized carbons (Fsp3) is 0.846. The fourth-order valence-electron chi connectivity index (χ4n) is 2.82. The molecule has 0 heterocycles. The predicted molar refractivity (Wildman–Crippen MR) is 59.2 cm³/mol. The molecule has 0 bridgehead atoms. The second-order valence-electron chi connectivity index (χ2n) is 4.67. The Bertz CT molecular complexity index is 131. The van der Waals surface area contributed by atoms with Crippen LogP contribution in [0.15, 0.2) is 0 Å². The summed E-state index contributed by atoms with van der Waals surface area (Å²) in [6, 6.07) is 0. The molecule has 0 N–H and O–H groups in total. The molecule has 1 aliphatic carbocycles. The molecule has 2 unspecified atom stereocenters. The zero-order chi connectivity index (χ0) is 9.68. The maximum atomic E-state index is 4.05. The Morgan fingerprint density at radius 1 is 0.722 bits per heavy atom. The molecule has 1 aliphatic rings. The zero-order valence-corrected chi connectivity index (χ0v) is 26.2. The first-order chi connectivity index (χ1) is 6.30. The van der Waals surface area contributed by atoms with Crippen molar-refractivity contribution in [3.05, 3.63) is 13.8 Å². The van der Waals surface area contributed by atoms with E-state index < -0.39 is 0 Å². The van der Waals surface area contributed by atoms with Crippen LogP contribution in [0.3, 0.4) is 0 Å². The molecule has 1 rings (SSSR count). The fourth-order valence-corrected chi connectivity index (χ4v) is 2.82. The first-order valence-corrected chi connectivity index (χ1v) is 5.88. The van der Waals surface area contributed by atoms with Gasteiger partial charge >= 0.3 is 0 Å². The van der Waals surface area contributed by atoms with Gasteiger partial charge in [-0.3, -0.25) is 0 Å². The number of rotatable bonds is 4. The van der Waals surface area contributed by atoms with Gasteiger partial charge in [0.25, 0.3) is 0 Å². The van der Waals surface area contributed by atoms with Crippen molar-refractivity contribution in [3.8, 4) is 0 Å². The molecular formula is C13H24Y5-2. The first kappa shape index (κ1) is 34.8. The van der Waals surface area contributed by atoms with E-state index in [2.05, 4.69) is 20.8 Å². The molecule has 0 nitrogen and oxygen atoms in total. The minimum absolute atomic E-state index is 0. The van der Waals surface area contributed by atoms with Crippen LogP contribution in [0.2, 0.25) is 0 Å². The van der Waals surface area contributed by atoms with Crippen molar-refractivity contribution in [1.29, 1.82) is 0 Å². The van der Waals surface area contributed by atoms with Crippen LogP contribution in [0, 0.1) is 31.6 Å².